The molecule has 0 atom stereocenters. The first-order valence-electron chi connectivity index (χ1n) is 8.97. The second-order valence-electron chi connectivity index (χ2n) is 6.31. The number of rotatable bonds is 5. The average Bonchev–Trinajstić information content (AvgIpc) is 2.75. The van der Waals surface area contributed by atoms with Crippen LogP contribution in [0.25, 0.3) is 10.8 Å². The highest BCUT2D eigenvalue weighted by Crippen LogP contribution is 2.23. The largest absolute Gasteiger partial charge is 0.332 e. The summed E-state index contributed by atoms with van der Waals surface area (Å²) in [5, 5.41) is 8.81. The first kappa shape index (κ1) is 19.7. The van der Waals surface area contributed by atoms with Crippen molar-refractivity contribution in [3.05, 3.63) is 85.2 Å². The molecule has 3 N–H and O–H groups in total. The van der Waals surface area contributed by atoms with Crippen molar-refractivity contribution in [1.82, 2.24) is 9.97 Å². The molecule has 9 heteroatoms. The van der Waals surface area contributed by atoms with Gasteiger partial charge in [0, 0.05) is 29.2 Å². The van der Waals surface area contributed by atoms with Gasteiger partial charge in [0.1, 0.15) is 0 Å². The van der Waals surface area contributed by atoms with Crippen molar-refractivity contribution < 1.29 is 8.42 Å². The van der Waals surface area contributed by atoms with E-state index in [9.17, 15) is 8.42 Å². The van der Waals surface area contributed by atoms with Crippen molar-refractivity contribution in [2.75, 3.05) is 15.4 Å². The monoisotopic (exact) mass is 435 g/mol. The van der Waals surface area contributed by atoms with E-state index in [1.54, 1.807) is 18.2 Å². The minimum atomic E-state index is -3.78. The SMILES string of the molecule is O=S(=O)(Nc1ncccn1)c1ccc(NC(=S)Nc2cccc3ccccc23)cc1. The summed E-state index contributed by atoms with van der Waals surface area (Å²) in [5.41, 5.74) is 1.54. The van der Waals surface area contributed by atoms with Crippen LogP contribution in [0.4, 0.5) is 17.3 Å². The highest BCUT2D eigenvalue weighted by atomic mass is 32.2. The van der Waals surface area contributed by atoms with E-state index in [0.717, 1.165) is 16.5 Å². The van der Waals surface area contributed by atoms with Crippen LogP contribution in [0.15, 0.2) is 90.1 Å². The van der Waals surface area contributed by atoms with Crippen LogP contribution in [0, 0.1) is 0 Å². The highest BCUT2D eigenvalue weighted by Gasteiger charge is 2.15. The van der Waals surface area contributed by atoms with Crippen LogP contribution in [-0.4, -0.2) is 23.5 Å². The number of anilines is 3. The molecule has 0 aliphatic rings. The number of nitrogens with zero attached hydrogens (tertiary/aromatic N) is 2. The molecule has 0 fully saturated rings. The maximum absolute atomic E-state index is 12.5. The molecule has 1 heterocycles. The zero-order valence-electron chi connectivity index (χ0n) is 15.6. The van der Waals surface area contributed by atoms with Gasteiger partial charge in [-0.1, -0.05) is 36.4 Å². The predicted octanol–water partition coefficient (Wildman–Crippen LogP) is 4.24. The molecule has 0 aliphatic carbocycles. The van der Waals surface area contributed by atoms with Gasteiger partial charge in [-0.05, 0) is 54.0 Å². The molecule has 3 aromatic carbocycles. The molecule has 0 amide bonds. The minimum absolute atomic E-state index is 0.0140. The Morgan fingerprint density at radius 2 is 1.50 bits per heavy atom. The Labute approximate surface area is 179 Å². The van der Waals surface area contributed by atoms with Crippen LogP contribution in [0.1, 0.15) is 0 Å². The average molecular weight is 436 g/mol. The number of fused-ring (bicyclic) bond motifs is 1. The Kier molecular flexibility index (Phi) is 5.55. The van der Waals surface area contributed by atoms with Crippen LogP contribution >= 0.6 is 12.2 Å². The van der Waals surface area contributed by atoms with E-state index in [2.05, 4.69) is 25.3 Å². The summed E-state index contributed by atoms with van der Waals surface area (Å²) in [7, 11) is -3.78. The molecule has 0 unspecified atom stereocenters. The Balaban J connectivity index is 1.45. The molecule has 0 aliphatic heterocycles. The Morgan fingerprint density at radius 1 is 0.800 bits per heavy atom. The normalized spacial score (nSPS) is 11.1. The lowest BCUT2D eigenvalue weighted by atomic mass is 10.1. The van der Waals surface area contributed by atoms with Gasteiger partial charge in [-0.15, -0.1) is 0 Å². The lowest BCUT2D eigenvalue weighted by Gasteiger charge is -2.13. The lowest BCUT2D eigenvalue weighted by Crippen LogP contribution is -2.19. The zero-order valence-corrected chi connectivity index (χ0v) is 17.2. The third kappa shape index (κ3) is 4.53. The molecule has 150 valence electrons. The van der Waals surface area contributed by atoms with Gasteiger partial charge in [-0.25, -0.2) is 23.1 Å². The van der Waals surface area contributed by atoms with Crippen LogP contribution in [-0.2, 0) is 10.0 Å². The van der Waals surface area contributed by atoms with Crippen molar-refractivity contribution in [3.8, 4) is 0 Å². The van der Waals surface area contributed by atoms with Gasteiger partial charge < -0.3 is 10.6 Å². The number of sulfonamides is 1. The first-order chi connectivity index (χ1) is 14.5. The molecule has 4 aromatic rings. The second kappa shape index (κ2) is 8.44. The standard InChI is InChI=1S/C21H17N5O2S2/c27-30(28,26-20-22-13-4-14-23-20)17-11-9-16(10-12-17)24-21(29)25-19-8-3-6-15-5-1-2-7-18(15)19/h1-14H,(H,22,23,26)(H2,24,25,29). The summed E-state index contributed by atoms with van der Waals surface area (Å²) in [6.45, 7) is 0. The highest BCUT2D eigenvalue weighted by molar-refractivity contribution is 7.92. The van der Waals surface area contributed by atoms with Gasteiger partial charge in [0.15, 0.2) is 5.11 Å². The van der Waals surface area contributed by atoms with Gasteiger partial charge in [0.05, 0.1) is 4.90 Å². The van der Waals surface area contributed by atoms with E-state index in [0.29, 0.717) is 10.8 Å². The maximum atomic E-state index is 12.5. The summed E-state index contributed by atoms with van der Waals surface area (Å²) in [6.07, 6.45) is 2.92. The third-order valence-corrected chi connectivity index (χ3v) is 5.80. The van der Waals surface area contributed by atoms with E-state index in [1.165, 1.54) is 24.5 Å². The predicted molar refractivity (Wildman–Crippen MR) is 123 cm³/mol. The number of thiocarbonyl (C=S) groups is 1. The summed E-state index contributed by atoms with van der Waals surface area (Å²) >= 11 is 5.40. The topological polar surface area (TPSA) is 96.0 Å². The van der Waals surface area contributed by atoms with Crippen molar-refractivity contribution >= 4 is 55.4 Å². The number of benzene rings is 3. The quantitative estimate of drug-likeness (QED) is 0.404. The van der Waals surface area contributed by atoms with E-state index >= 15 is 0 Å². The van der Waals surface area contributed by atoms with E-state index in [1.807, 2.05) is 42.5 Å². The number of hydrogen-bond acceptors (Lipinski definition) is 5. The van der Waals surface area contributed by atoms with Gasteiger partial charge in [0.2, 0.25) is 5.95 Å². The molecule has 0 spiro atoms. The Hall–Kier alpha value is -3.56. The zero-order chi connectivity index (χ0) is 21.0. The number of hydrogen-bond donors (Lipinski definition) is 3. The minimum Gasteiger partial charge on any atom is -0.332 e. The summed E-state index contributed by atoms with van der Waals surface area (Å²) in [5.74, 6) is 0.0140. The number of aromatic nitrogens is 2. The van der Waals surface area contributed by atoms with E-state index in [-0.39, 0.29) is 10.8 Å². The number of nitrogens with one attached hydrogen (secondary N) is 3. The molecular weight excluding hydrogens is 418 g/mol. The fourth-order valence-corrected chi connectivity index (χ4v) is 4.05. The van der Waals surface area contributed by atoms with Gasteiger partial charge in [-0.2, -0.15) is 0 Å². The lowest BCUT2D eigenvalue weighted by molar-refractivity contribution is 0.601. The molecule has 0 saturated heterocycles. The second-order valence-corrected chi connectivity index (χ2v) is 8.40. The fraction of sp³-hybridized carbons (Fsp3) is 0. The van der Waals surface area contributed by atoms with E-state index < -0.39 is 10.0 Å². The van der Waals surface area contributed by atoms with Crippen LogP contribution in [0.2, 0.25) is 0 Å². The first-order valence-corrected chi connectivity index (χ1v) is 10.9. The van der Waals surface area contributed by atoms with Crippen LogP contribution in [0.5, 0.6) is 0 Å². The molecule has 1 aromatic heterocycles. The molecule has 30 heavy (non-hydrogen) atoms. The molecule has 0 radical (unpaired) electrons. The maximum Gasteiger partial charge on any atom is 0.264 e. The third-order valence-electron chi connectivity index (χ3n) is 4.25. The van der Waals surface area contributed by atoms with Crippen molar-refractivity contribution in [2.45, 2.75) is 4.90 Å². The van der Waals surface area contributed by atoms with Gasteiger partial charge in [-0.3, -0.25) is 0 Å². The summed E-state index contributed by atoms with van der Waals surface area (Å²) in [6, 6.07) is 21.8. The van der Waals surface area contributed by atoms with Crippen LogP contribution in [0.3, 0.4) is 0 Å². The Morgan fingerprint density at radius 3 is 2.27 bits per heavy atom. The molecule has 4 rings (SSSR count). The van der Waals surface area contributed by atoms with Crippen molar-refractivity contribution in [2.24, 2.45) is 0 Å². The van der Waals surface area contributed by atoms with Crippen molar-refractivity contribution in [3.63, 3.8) is 0 Å². The molecule has 0 saturated carbocycles. The summed E-state index contributed by atoms with van der Waals surface area (Å²) < 4.78 is 27.2. The summed E-state index contributed by atoms with van der Waals surface area (Å²) in [4.78, 5) is 7.83. The molecule has 0 bridgehead atoms. The van der Waals surface area contributed by atoms with E-state index in [4.69, 9.17) is 12.2 Å². The molecular formula is C21H17N5O2S2. The van der Waals surface area contributed by atoms with Gasteiger partial charge >= 0.3 is 0 Å². The fourth-order valence-electron chi connectivity index (χ4n) is 2.87. The van der Waals surface area contributed by atoms with Crippen molar-refractivity contribution in [1.29, 1.82) is 0 Å². The Bertz CT molecular complexity index is 1290. The smallest absolute Gasteiger partial charge is 0.264 e. The molecule has 7 nitrogen and oxygen atoms in total. The van der Waals surface area contributed by atoms with Crippen LogP contribution < -0.4 is 15.4 Å². The van der Waals surface area contributed by atoms with Gasteiger partial charge in [0.25, 0.3) is 10.0 Å².